The third-order valence-corrected chi connectivity index (χ3v) is 2.11. The minimum absolute atomic E-state index is 0.383. The molecule has 0 fully saturated rings. The Labute approximate surface area is 96.9 Å². The molecule has 0 aliphatic rings. The van der Waals surface area contributed by atoms with Gasteiger partial charge in [-0.3, -0.25) is 0 Å². The number of anilines is 1. The van der Waals surface area contributed by atoms with Crippen molar-refractivity contribution in [2.45, 2.75) is 26.4 Å². The fraction of sp³-hybridized carbons (Fsp3) is 0.583. The maximum Gasteiger partial charge on any atom is 0.171 e. The van der Waals surface area contributed by atoms with Crippen LogP contribution in [-0.4, -0.2) is 36.4 Å². The SMILES string of the molecule is CCCOc1cccnc1N(C)CC(C)O. The molecule has 4 nitrogen and oxygen atoms in total. The first-order valence-electron chi connectivity index (χ1n) is 5.62. The zero-order valence-electron chi connectivity index (χ0n) is 10.2. The normalized spacial score (nSPS) is 12.2. The second kappa shape index (κ2) is 6.33. The molecule has 0 aliphatic heterocycles. The summed E-state index contributed by atoms with van der Waals surface area (Å²) in [5.74, 6) is 1.55. The summed E-state index contributed by atoms with van der Waals surface area (Å²) >= 11 is 0. The molecule has 1 aromatic heterocycles. The molecule has 16 heavy (non-hydrogen) atoms. The van der Waals surface area contributed by atoms with Gasteiger partial charge in [-0.15, -0.1) is 0 Å². The number of ether oxygens (including phenoxy) is 1. The maximum absolute atomic E-state index is 9.34. The third kappa shape index (κ3) is 3.70. The van der Waals surface area contributed by atoms with Gasteiger partial charge in [-0.25, -0.2) is 4.98 Å². The molecule has 0 aromatic carbocycles. The van der Waals surface area contributed by atoms with Crippen LogP contribution in [0.4, 0.5) is 5.82 Å². The van der Waals surface area contributed by atoms with Crippen molar-refractivity contribution in [2.75, 3.05) is 25.1 Å². The van der Waals surface area contributed by atoms with E-state index in [2.05, 4.69) is 11.9 Å². The van der Waals surface area contributed by atoms with E-state index in [-0.39, 0.29) is 6.10 Å². The predicted molar refractivity (Wildman–Crippen MR) is 65.0 cm³/mol. The highest BCUT2D eigenvalue weighted by atomic mass is 16.5. The topological polar surface area (TPSA) is 45.6 Å². The Morgan fingerprint density at radius 1 is 1.56 bits per heavy atom. The number of aliphatic hydroxyl groups is 1. The summed E-state index contributed by atoms with van der Waals surface area (Å²) in [4.78, 5) is 6.17. The van der Waals surface area contributed by atoms with Crippen molar-refractivity contribution in [1.82, 2.24) is 4.98 Å². The van der Waals surface area contributed by atoms with Gasteiger partial charge >= 0.3 is 0 Å². The molecule has 0 spiro atoms. The van der Waals surface area contributed by atoms with E-state index in [1.165, 1.54) is 0 Å². The standard InChI is InChI=1S/C12H20N2O2/c1-4-8-16-11-6-5-7-13-12(11)14(3)9-10(2)15/h5-7,10,15H,4,8-9H2,1-3H3. The van der Waals surface area contributed by atoms with Crippen LogP contribution < -0.4 is 9.64 Å². The summed E-state index contributed by atoms with van der Waals surface area (Å²) in [5, 5.41) is 9.34. The van der Waals surface area contributed by atoms with E-state index in [0.29, 0.717) is 13.2 Å². The molecule has 1 aromatic rings. The first kappa shape index (κ1) is 12.8. The minimum atomic E-state index is -0.383. The molecule has 4 heteroatoms. The number of aromatic nitrogens is 1. The molecule has 1 atom stereocenters. The van der Waals surface area contributed by atoms with E-state index in [1.807, 2.05) is 24.1 Å². The van der Waals surface area contributed by atoms with Crippen LogP contribution in [0.15, 0.2) is 18.3 Å². The molecule has 0 saturated heterocycles. The van der Waals surface area contributed by atoms with Crippen molar-refractivity contribution in [3.05, 3.63) is 18.3 Å². The Morgan fingerprint density at radius 3 is 2.94 bits per heavy atom. The van der Waals surface area contributed by atoms with Crippen molar-refractivity contribution < 1.29 is 9.84 Å². The first-order chi connectivity index (χ1) is 7.65. The Bertz CT molecular complexity index is 316. The smallest absolute Gasteiger partial charge is 0.171 e. The quantitative estimate of drug-likeness (QED) is 0.798. The molecule has 90 valence electrons. The van der Waals surface area contributed by atoms with E-state index >= 15 is 0 Å². The lowest BCUT2D eigenvalue weighted by molar-refractivity contribution is 0.201. The molecule has 0 amide bonds. The Morgan fingerprint density at radius 2 is 2.31 bits per heavy atom. The monoisotopic (exact) mass is 224 g/mol. The number of nitrogens with zero attached hydrogens (tertiary/aromatic N) is 2. The van der Waals surface area contributed by atoms with Gasteiger partial charge in [-0.2, -0.15) is 0 Å². The molecule has 1 rings (SSSR count). The average Bonchev–Trinajstić information content (AvgIpc) is 2.25. The van der Waals surface area contributed by atoms with Crippen LogP contribution >= 0.6 is 0 Å². The summed E-state index contributed by atoms with van der Waals surface area (Å²) in [6.07, 6.45) is 2.31. The summed E-state index contributed by atoms with van der Waals surface area (Å²) in [6, 6.07) is 3.75. The van der Waals surface area contributed by atoms with Crippen molar-refractivity contribution >= 4 is 5.82 Å². The van der Waals surface area contributed by atoms with Gasteiger partial charge in [-0.1, -0.05) is 6.92 Å². The summed E-state index contributed by atoms with van der Waals surface area (Å²) in [5.41, 5.74) is 0. The summed E-state index contributed by atoms with van der Waals surface area (Å²) in [6.45, 7) is 5.04. The van der Waals surface area contributed by atoms with Crippen LogP contribution in [-0.2, 0) is 0 Å². The number of hydrogen-bond donors (Lipinski definition) is 1. The van der Waals surface area contributed by atoms with Crippen LogP contribution in [0.1, 0.15) is 20.3 Å². The molecule has 1 heterocycles. The molecule has 1 unspecified atom stereocenters. The van der Waals surface area contributed by atoms with Gasteiger partial charge in [0.15, 0.2) is 11.6 Å². The Balaban J connectivity index is 2.76. The van der Waals surface area contributed by atoms with Gasteiger partial charge in [0.2, 0.25) is 0 Å². The summed E-state index contributed by atoms with van der Waals surface area (Å²) in [7, 11) is 1.90. The van der Waals surface area contributed by atoms with E-state index in [4.69, 9.17) is 4.74 Å². The van der Waals surface area contributed by atoms with Gasteiger partial charge in [0.05, 0.1) is 12.7 Å². The van der Waals surface area contributed by atoms with E-state index in [1.54, 1.807) is 13.1 Å². The van der Waals surface area contributed by atoms with Crippen LogP contribution in [0.5, 0.6) is 5.75 Å². The van der Waals surface area contributed by atoms with Crippen LogP contribution in [0.25, 0.3) is 0 Å². The minimum Gasteiger partial charge on any atom is -0.490 e. The second-order valence-corrected chi connectivity index (χ2v) is 3.90. The average molecular weight is 224 g/mol. The highest BCUT2D eigenvalue weighted by Crippen LogP contribution is 2.24. The number of likely N-dealkylation sites (N-methyl/N-ethyl adjacent to an activating group) is 1. The molecule has 0 radical (unpaired) electrons. The van der Waals surface area contributed by atoms with Crippen LogP contribution in [0.2, 0.25) is 0 Å². The summed E-state index contributed by atoms with van der Waals surface area (Å²) < 4.78 is 5.60. The largest absolute Gasteiger partial charge is 0.490 e. The van der Waals surface area contributed by atoms with Gasteiger partial charge in [-0.05, 0) is 25.5 Å². The van der Waals surface area contributed by atoms with Crippen molar-refractivity contribution in [3.8, 4) is 5.75 Å². The van der Waals surface area contributed by atoms with Gasteiger partial charge in [0.25, 0.3) is 0 Å². The Hall–Kier alpha value is -1.29. The zero-order chi connectivity index (χ0) is 12.0. The lowest BCUT2D eigenvalue weighted by Crippen LogP contribution is -2.28. The fourth-order valence-electron chi connectivity index (χ4n) is 1.48. The van der Waals surface area contributed by atoms with Gasteiger partial charge < -0.3 is 14.7 Å². The number of hydrogen-bond acceptors (Lipinski definition) is 4. The van der Waals surface area contributed by atoms with Crippen molar-refractivity contribution in [2.24, 2.45) is 0 Å². The van der Waals surface area contributed by atoms with Crippen molar-refractivity contribution in [3.63, 3.8) is 0 Å². The number of aliphatic hydroxyl groups excluding tert-OH is 1. The lowest BCUT2D eigenvalue weighted by Gasteiger charge is -2.22. The van der Waals surface area contributed by atoms with Crippen LogP contribution in [0.3, 0.4) is 0 Å². The second-order valence-electron chi connectivity index (χ2n) is 3.90. The number of rotatable bonds is 6. The van der Waals surface area contributed by atoms with E-state index < -0.39 is 0 Å². The fourth-order valence-corrected chi connectivity index (χ4v) is 1.48. The highest BCUT2D eigenvalue weighted by Gasteiger charge is 2.11. The molecular formula is C12H20N2O2. The molecule has 0 saturated carbocycles. The Kier molecular flexibility index (Phi) is 5.05. The van der Waals surface area contributed by atoms with Gasteiger partial charge in [0, 0.05) is 19.8 Å². The third-order valence-electron chi connectivity index (χ3n) is 2.11. The number of pyridine rings is 1. The van der Waals surface area contributed by atoms with Crippen molar-refractivity contribution in [1.29, 1.82) is 0 Å². The van der Waals surface area contributed by atoms with Crippen LogP contribution in [0, 0.1) is 0 Å². The lowest BCUT2D eigenvalue weighted by atomic mass is 10.3. The van der Waals surface area contributed by atoms with E-state index in [0.717, 1.165) is 18.0 Å². The predicted octanol–water partition coefficient (Wildman–Crippen LogP) is 1.69. The first-order valence-corrected chi connectivity index (χ1v) is 5.62. The zero-order valence-corrected chi connectivity index (χ0v) is 10.2. The molecular weight excluding hydrogens is 204 g/mol. The van der Waals surface area contributed by atoms with E-state index in [9.17, 15) is 5.11 Å². The maximum atomic E-state index is 9.34. The molecule has 1 N–H and O–H groups in total. The molecule has 0 bridgehead atoms. The highest BCUT2D eigenvalue weighted by molar-refractivity contribution is 5.51. The van der Waals surface area contributed by atoms with Gasteiger partial charge in [0.1, 0.15) is 0 Å². The molecule has 0 aliphatic carbocycles.